The van der Waals surface area contributed by atoms with Crippen LogP contribution in [0.2, 0.25) is 0 Å². The van der Waals surface area contributed by atoms with Crippen LogP contribution in [0.15, 0.2) is 59.8 Å². The lowest BCUT2D eigenvalue weighted by Crippen LogP contribution is -2.38. The zero-order valence-corrected chi connectivity index (χ0v) is 20.0. The smallest absolute Gasteiger partial charge is 0.260 e. The van der Waals surface area contributed by atoms with E-state index in [0.29, 0.717) is 11.7 Å². The number of rotatable bonds is 8. The third-order valence-corrected chi connectivity index (χ3v) is 7.75. The van der Waals surface area contributed by atoms with E-state index in [2.05, 4.69) is 24.3 Å². The summed E-state index contributed by atoms with van der Waals surface area (Å²) in [6.07, 6.45) is 10.8. The molecule has 180 valence electrons. The molecule has 2 aromatic rings. The van der Waals surface area contributed by atoms with Crippen LogP contribution < -0.4 is 4.74 Å². The average Bonchev–Trinajstić information content (AvgIpc) is 2.92. The molecule has 4 aliphatic rings. The van der Waals surface area contributed by atoms with Crippen LogP contribution in [0.25, 0.3) is 0 Å². The van der Waals surface area contributed by atoms with Crippen molar-refractivity contribution in [2.75, 3.05) is 19.7 Å². The standard InChI is InChI=1S/C29H36N2O3/c32-29(31-17-5-2-6-18-31)21-33-26-15-13-24(14-16-26)27(19-22-7-3-1-4-8-22)30-34-28-20-23-9-11-25(28)12-10-23/h1,3-4,7-8,13-16,23,25,28H,2,5-6,9-12,17-21H2. The second-order valence-corrected chi connectivity index (χ2v) is 10.1. The molecule has 6 rings (SSSR count). The van der Waals surface area contributed by atoms with Crippen molar-refractivity contribution in [2.45, 2.75) is 63.9 Å². The summed E-state index contributed by atoms with van der Waals surface area (Å²) in [4.78, 5) is 20.5. The largest absolute Gasteiger partial charge is 0.484 e. The third kappa shape index (κ3) is 5.81. The summed E-state index contributed by atoms with van der Waals surface area (Å²) in [7, 11) is 0. The van der Waals surface area contributed by atoms with Crippen molar-refractivity contribution >= 4 is 11.6 Å². The second-order valence-electron chi connectivity index (χ2n) is 10.1. The molecule has 1 saturated heterocycles. The van der Waals surface area contributed by atoms with Gasteiger partial charge >= 0.3 is 0 Å². The Labute approximate surface area is 203 Å². The van der Waals surface area contributed by atoms with Gasteiger partial charge in [-0.2, -0.15) is 0 Å². The predicted octanol–water partition coefficient (Wildman–Crippen LogP) is 5.62. The Morgan fingerprint density at radius 1 is 0.912 bits per heavy atom. The number of carbonyl (C=O) groups is 1. The minimum atomic E-state index is 0.0743. The summed E-state index contributed by atoms with van der Waals surface area (Å²) in [5.74, 6) is 2.25. The number of fused-ring (bicyclic) bond motifs is 3. The molecule has 34 heavy (non-hydrogen) atoms. The fraction of sp³-hybridized carbons (Fsp3) is 0.517. The van der Waals surface area contributed by atoms with E-state index in [-0.39, 0.29) is 18.6 Å². The number of amides is 1. The molecule has 3 aliphatic carbocycles. The number of carbonyl (C=O) groups excluding carboxylic acids is 1. The highest BCUT2D eigenvalue weighted by atomic mass is 16.6. The van der Waals surface area contributed by atoms with E-state index in [9.17, 15) is 4.79 Å². The van der Waals surface area contributed by atoms with Gasteiger partial charge in [0.25, 0.3) is 5.91 Å². The van der Waals surface area contributed by atoms with Crippen molar-refractivity contribution in [1.82, 2.24) is 4.90 Å². The van der Waals surface area contributed by atoms with Gasteiger partial charge < -0.3 is 14.5 Å². The fourth-order valence-corrected chi connectivity index (χ4v) is 5.68. The summed E-state index contributed by atoms with van der Waals surface area (Å²) >= 11 is 0. The van der Waals surface area contributed by atoms with Gasteiger partial charge in [0, 0.05) is 19.5 Å². The van der Waals surface area contributed by atoms with Crippen LogP contribution in [0.5, 0.6) is 5.75 Å². The summed E-state index contributed by atoms with van der Waals surface area (Å²) < 4.78 is 5.80. The molecule has 5 nitrogen and oxygen atoms in total. The zero-order chi connectivity index (χ0) is 23.2. The van der Waals surface area contributed by atoms with Crippen molar-refractivity contribution in [2.24, 2.45) is 17.0 Å². The summed E-state index contributed by atoms with van der Waals surface area (Å²) in [6, 6.07) is 18.3. The number of nitrogens with zero attached hydrogens (tertiary/aromatic N) is 2. The number of hydrogen-bond acceptors (Lipinski definition) is 4. The molecule has 0 N–H and O–H groups in total. The van der Waals surface area contributed by atoms with Gasteiger partial charge in [-0.15, -0.1) is 0 Å². The highest BCUT2D eigenvalue weighted by Gasteiger charge is 2.37. The van der Waals surface area contributed by atoms with E-state index >= 15 is 0 Å². The van der Waals surface area contributed by atoms with E-state index in [1.54, 1.807) is 0 Å². The van der Waals surface area contributed by atoms with Crippen molar-refractivity contribution in [3.8, 4) is 5.75 Å². The first-order chi connectivity index (χ1) is 16.7. The van der Waals surface area contributed by atoms with Gasteiger partial charge in [0.05, 0.1) is 5.71 Å². The molecule has 5 heteroatoms. The molecular formula is C29H36N2O3. The second kappa shape index (κ2) is 11.1. The van der Waals surface area contributed by atoms with E-state index in [1.165, 1.54) is 37.7 Å². The predicted molar refractivity (Wildman–Crippen MR) is 134 cm³/mol. The van der Waals surface area contributed by atoms with Crippen molar-refractivity contribution in [3.05, 3.63) is 65.7 Å². The molecule has 0 aromatic heterocycles. The average molecular weight is 461 g/mol. The zero-order valence-electron chi connectivity index (χ0n) is 20.0. The third-order valence-electron chi connectivity index (χ3n) is 7.75. The lowest BCUT2D eigenvalue weighted by molar-refractivity contribution is -0.134. The topological polar surface area (TPSA) is 51.1 Å². The fourth-order valence-electron chi connectivity index (χ4n) is 5.68. The highest BCUT2D eigenvalue weighted by molar-refractivity contribution is 6.01. The number of piperidine rings is 1. The molecule has 0 spiro atoms. The van der Waals surface area contributed by atoms with E-state index in [1.807, 2.05) is 35.2 Å². The maximum absolute atomic E-state index is 12.4. The number of benzene rings is 2. The first-order valence-corrected chi connectivity index (χ1v) is 13.0. The first kappa shape index (κ1) is 22.9. The summed E-state index contributed by atoms with van der Waals surface area (Å²) in [5.41, 5.74) is 3.17. The van der Waals surface area contributed by atoms with Crippen molar-refractivity contribution < 1.29 is 14.4 Å². The van der Waals surface area contributed by atoms with Gasteiger partial charge in [-0.1, -0.05) is 35.5 Å². The van der Waals surface area contributed by atoms with Gasteiger partial charge in [-0.3, -0.25) is 4.79 Å². The molecule has 1 aliphatic heterocycles. The van der Waals surface area contributed by atoms with Crippen molar-refractivity contribution in [3.63, 3.8) is 0 Å². The van der Waals surface area contributed by atoms with Crippen LogP contribution in [0.4, 0.5) is 0 Å². The molecule has 3 saturated carbocycles. The molecule has 0 radical (unpaired) electrons. The maximum Gasteiger partial charge on any atom is 0.260 e. The lowest BCUT2D eigenvalue weighted by atomic mass is 9.69. The van der Waals surface area contributed by atoms with Crippen LogP contribution >= 0.6 is 0 Å². The molecule has 1 amide bonds. The van der Waals surface area contributed by atoms with Crippen LogP contribution in [0, 0.1) is 11.8 Å². The molecule has 1 atom stereocenters. The maximum atomic E-state index is 12.4. The summed E-state index contributed by atoms with van der Waals surface area (Å²) in [6.45, 7) is 1.80. The molecule has 2 aromatic carbocycles. The van der Waals surface area contributed by atoms with Crippen LogP contribution in [0.3, 0.4) is 0 Å². The molecule has 1 unspecified atom stereocenters. The van der Waals surface area contributed by atoms with Crippen LogP contribution in [-0.4, -0.2) is 42.3 Å². The van der Waals surface area contributed by atoms with Crippen LogP contribution in [-0.2, 0) is 16.1 Å². The summed E-state index contributed by atoms with van der Waals surface area (Å²) in [5, 5.41) is 4.71. The van der Waals surface area contributed by atoms with Gasteiger partial charge in [-0.05, 0) is 98.6 Å². The van der Waals surface area contributed by atoms with Crippen LogP contribution in [0.1, 0.15) is 62.5 Å². The Morgan fingerprint density at radius 3 is 2.32 bits per heavy atom. The number of likely N-dealkylation sites (tertiary alicyclic amines) is 1. The van der Waals surface area contributed by atoms with E-state index in [4.69, 9.17) is 14.7 Å². The Hall–Kier alpha value is -2.82. The quantitative estimate of drug-likeness (QED) is 0.379. The number of ether oxygens (including phenoxy) is 1. The molecular weight excluding hydrogens is 424 g/mol. The Morgan fingerprint density at radius 2 is 1.65 bits per heavy atom. The van der Waals surface area contributed by atoms with E-state index < -0.39 is 0 Å². The Bertz CT molecular complexity index is 959. The van der Waals surface area contributed by atoms with Gasteiger partial charge in [0.2, 0.25) is 0 Å². The minimum Gasteiger partial charge on any atom is -0.484 e. The van der Waals surface area contributed by atoms with Crippen molar-refractivity contribution in [1.29, 1.82) is 0 Å². The van der Waals surface area contributed by atoms with E-state index in [0.717, 1.165) is 56.0 Å². The van der Waals surface area contributed by atoms with Gasteiger partial charge in [0.15, 0.2) is 6.61 Å². The lowest BCUT2D eigenvalue weighted by Gasteiger charge is -2.40. The Balaban J connectivity index is 1.25. The molecule has 2 bridgehead atoms. The number of oxime groups is 1. The van der Waals surface area contributed by atoms with Gasteiger partial charge in [0.1, 0.15) is 11.9 Å². The number of hydrogen-bond donors (Lipinski definition) is 0. The minimum absolute atomic E-state index is 0.0743. The normalized spacial score (nSPS) is 24.6. The highest BCUT2D eigenvalue weighted by Crippen LogP contribution is 2.42. The Kier molecular flexibility index (Phi) is 7.47. The monoisotopic (exact) mass is 460 g/mol. The SMILES string of the molecule is O=C(COc1ccc(C(Cc2ccccc2)=NOC2CC3CCC2CC3)cc1)N1CCCCC1. The molecule has 4 fully saturated rings. The molecule has 1 heterocycles. The van der Waals surface area contributed by atoms with Gasteiger partial charge in [-0.25, -0.2) is 0 Å². The first-order valence-electron chi connectivity index (χ1n) is 13.0.